The first-order chi connectivity index (χ1) is 15.1. The van der Waals surface area contributed by atoms with Gasteiger partial charge in [0.15, 0.2) is 0 Å². The van der Waals surface area contributed by atoms with Gasteiger partial charge in [-0.1, -0.05) is 0 Å². The molecule has 0 unspecified atom stereocenters. The van der Waals surface area contributed by atoms with Crippen LogP contribution in [-0.4, -0.2) is 13.1 Å². The normalized spacial score (nSPS) is 11.7. The average molecular weight is 447 g/mol. The van der Waals surface area contributed by atoms with Crippen molar-refractivity contribution in [3.63, 3.8) is 0 Å². The van der Waals surface area contributed by atoms with Gasteiger partial charge in [0.1, 0.15) is 0 Å². The maximum atomic E-state index is 12.6. The molecule has 0 radical (unpaired) electrons. The van der Waals surface area contributed by atoms with Gasteiger partial charge in [0.25, 0.3) is 0 Å². The molecule has 0 saturated heterocycles. The fourth-order valence-electron chi connectivity index (χ4n) is 4.28. The van der Waals surface area contributed by atoms with E-state index in [1.165, 1.54) is 23.0 Å². The van der Waals surface area contributed by atoms with Crippen LogP contribution in [0.25, 0.3) is 0 Å². The van der Waals surface area contributed by atoms with E-state index in [9.17, 15) is 4.79 Å². The Morgan fingerprint density at radius 3 is 1.61 bits per heavy atom. The van der Waals surface area contributed by atoms with Crippen molar-refractivity contribution >= 4 is 40.7 Å². The second-order valence-corrected chi connectivity index (χ2v) is 11.8. The van der Waals surface area contributed by atoms with Crippen LogP contribution in [0.2, 0.25) is 5.02 Å². The Kier molecular flexibility index (Phi) is 6.51. The number of rotatable bonds is 6. The first-order valence-corrected chi connectivity index (χ1v) is 12.8. The van der Waals surface area contributed by atoms with Crippen molar-refractivity contribution in [1.82, 2.24) is 0 Å². The van der Waals surface area contributed by atoms with E-state index in [0.29, 0.717) is 16.7 Å². The summed E-state index contributed by atoms with van der Waals surface area (Å²) in [6.07, 6.45) is 0.691. The van der Waals surface area contributed by atoms with Gasteiger partial charge in [-0.2, -0.15) is 0 Å². The maximum absolute atomic E-state index is 12.6. The molecule has 0 spiro atoms. The number of ether oxygens (including phenoxy) is 1. The van der Waals surface area contributed by atoms with E-state index in [1.807, 2.05) is 24.3 Å². The van der Waals surface area contributed by atoms with Crippen LogP contribution in [0.4, 0.5) is 0 Å². The molecule has 0 amide bonds. The minimum absolute atomic E-state index is 0.344. The van der Waals surface area contributed by atoms with Crippen LogP contribution in [0.15, 0.2) is 109 Å². The molecule has 0 heterocycles. The predicted molar refractivity (Wildman–Crippen MR) is 133 cm³/mol. The topological polar surface area (TPSA) is 26.3 Å². The summed E-state index contributed by atoms with van der Waals surface area (Å²) in [6.45, 7) is 0. The van der Waals surface area contributed by atoms with Crippen LogP contribution in [0.3, 0.4) is 0 Å². The van der Waals surface area contributed by atoms with Gasteiger partial charge in [0.05, 0.1) is 0 Å². The Labute approximate surface area is 188 Å². The summed E-state index contributed by atoms with van der Waals surface area (Å²) in [5, 5.41) is 4.45. The Balaban J connectivity index is 2.03. The quantitative estimate of drug-likeness (QED) is 0.294. The van der Waals surface area contributed by atoms with Gasteiger partial charge >= 0.3 is 189 Å². The molecule has 0 aliphatic carbocycles. The first kappa shape index (κ1) is 21.3. The number of carbonyl (C=O) groups excluding carboxylic acids is 1. The standard InChI is InChI=1S/C27H24ClO2P/c1-30-27(29)26-18-17-22(28)19-21(26)20-31(23-11-5-2-6-12-23,24-13-7-3-8-14-24)25-15-9-4-10-16-25/h2-19,31H,20H2,1H3. The van der Waals surface area contributed by atoms with Crippen molar-refractivity contribution in [2.75, 3.05) is 7.11 Å². The van der Waals surface area contributed by atoms with Crippen LogP contribution in [0.1, 0.15) is 15.9 Å². The third-order valence-corrected chi connectivity index (χ3v) is 10.8. The van der Waals surface area contributed by atoms with Gasteiger partial charge in [-0.3, -0.25) is 0 Å². The third kappa shape index (κ3) is 4.28. The van der Waals surface area contributed by atoms with E-state index in [-0.39, 0.29) is 5.97 Å². The SMILES string of the molecule is COC(=O)c1ccc(Cl)cc1C[PH](c1ccccc1)(c1ccccc1)c1ccccc1. The Hall–Kier alpha value is -2.93. The van der Waals surface area contributed by atoms with E-state index >= 15 is 0 Å². The minimum atomic E-state index is -2.54. The molecule has 0 bridgehead atoms. The molecule has 0 atom stereocenters. The summed E-state index contributed by atoms with van der Waals surface area (Å²) in [7, 11) is -1.13. The van der Waals surface area contributed by atoms with Crippen molar-refractivity contribution in [1.29, 1.82) is 0 Å². The average Bonchev–Trinajstić information content (AvgIpc) is 2.84. The van der Waals surface area contributed by atoms with E-state index in [2.05, 4.69) is 72.8 Å². The summed E-state index contributed by atoms with van der Waals surface area (Å²) in [5.74, 6) is -0.344. The summed E-state index contributed by atoms with van der Waals surface area (Å²) in [6, 6.07) is 37.3. The summed E-state index contributed by atoms with van der Waals surface area (Å²) in [4.78, 5) is 12.6. The van der Waals surface area contributed by atoms with Gasteiger partial charge in [0, 0.05) is 0 Å². The molecular formula is C27H24ClO2P. The Morgan fingerprint density at radius 1 is 0.742 bits per heavy atom. The molecule has 0 fully saturated rings. The number of hydrogen-bond acceptors (Lipinski definition) is 2. The number of benzene rings is 4. The van der Waals surface area contributed by atoms with Crippen LogP contribution < -0.4 is 15.9 Å². The fraction of sp³-hybridized carbons (Fsp3) is 0.0741. The summed E-state index contributed by atoms with van der Waals surface area (Å²) < 4.78 is 5.08. The monoisotopic (exact) mass is 446 g/mol. The molecule has 2 nitrogen and oxygen atoms in total. The van der Waals surface area contributed by atoms with Crippen LogP contribution in [-0.2, 0) is 10.9 Å². The molecular weight excluding hydrogens is 423 g/mol. The molecule has 0 saturated carbocycles. The van der Waals surface area contributed by atoms with Gasteiger partial charge in [0.2, 0.25) is 0 Å². The van der Waals surface area contributed by atoms with Crippen molar-refractivity contribution in [2.45, 2.75) is 6.16 Å². The second-order valence-electron chi connectivity index (χ2n) is 7.47. The molecule has 0 N–H and O–H groups in total. The second kappa shape index (κ2) is 9.47. The number of esters is 1. The molecule has 0 aromatic heterocycles. The van der Waals surface area contributed by atoms with Gasteiger partial charge in [-0.05, 0) is 0 Å². The van der Waals surface area contributed by atoms with Crippen LogP contribution >= 0.6 is 18.9 Å². The molecule has 0 aliphatic heterocycles. The van der Waals surface area contributed by atoms with Gasteiger partial charge < -0.3 is 0 Å². The van der Waals surface area contributed by atoms with Crippen molar-refractivity contribution < 1.29 is 9.53 Å². The zero-order valence-electron chi connectivity index (χ0n) is 17.3. The summed E-state index contributed by atoms with van der Waals surface area (Å²) >= 11 is 6.39. The fourth-order valence-corrected chi connectivity index (χ4v) is 9.23. The number of halogens is 1. The molecule has 4 rings (SSSR count). The molecule has 4 heteroatoms. The number of methoxy groups -OCH3 is 1. The molecule has 156 valence electrons. The van der Waals surface area contributed by atoms with E-state index in [4.69, 9.17) is 16.3 Å². The van der Waals surface area contributed by atoms with E-state index < -0.39 is 7.26 Å². The zero-order chi connectivity index (χ0) is 21.7. The van der Waals surface area contributed by atoms with E-state index in [1.54, 1.807) is 12.1 Å². The van der Waals surface area contributed by atoms with Crippen LogP contribution in [0, 0.1) is 0 Å². The van der Waals surface area contributed by atoms with Crippen molar-refractivity contribution in [2.24, 2.45) is 0 Å². The Morgan fingerprint density at radius 2 is 1.19 bits per heavy atom. The predicted octanol–water partition coefficient (Wildman–Crippen LogP) is 5.35. The molecule has 4 aromatic carbocycles. The van der Waals surface area contributed by atoms with Crippen molar-refractivity contribution in [3.8, 4) is 0 Å². The third-order valence-electron chi connectivity index (χ3n) is 5.73. The summed E-state index contributed by atoms with van der Waals surface area (Å²) in [5.41, 5.74) is 1.47. The molecule has 31 heavy (non-hydrogen) atoms. The van der Waals surface area contributed by atoms with Crippen molar-refractivity contribution in [3.05, 3.63) is 125 Å². The number of hydrogen-bond donors (Lipinski definition) is 0. The van der Waals surface area contributed by atoms with Gasteiger partial charge in [-0.15, -0.1) is 0 Å². The Bertz CT molecular complexity index is 1070. The van der Waals surface area contributed by atoms with E-state index in [0.717, 1.165) is 5.56 Å². The molecule has 4 aromatic rings. The van der Waals surface area contributed by atoms with Crippen LogP contribution in [0.5, 0.6) is 0 Å². The number of carbonyl (C=O) groups is 1. The first-order valence-electron chi connectivity index (χ1n) is 10.2. The molecule has 0 aliphatic rings. The van der Waals surface area contributed by atoms with Gasteiger partial charge in [-0.25, -0.2) is 0 Å². The zero-order valence-corrected chi connectivity index (χ0v) is 19.0.